The van der Waals surface area contributed by atoms with Crippen molar-refractivity contribution in [3.8, 4) is 5.75 Å². The first-order chi connectivity index (χ1) is 15.6. The standard InChI is InChI=1S/C26H31N3O3/c1-20-6-7-25-24(16-20)18-22-4-3-5-23(17-22)19-29(12-13-31-14-15-32-25)26(30)8-10-28-11-9-27-21(28)2/h3-7,9,11,16-17H,8,10,12-15,18-19H2,1-2H3. The van der Waals surface area contributed by atoms with Crippen molar-refractivity contribution in [2.75, 3.05) is 26.4 Å². The first-order valence-electron chi connectivity index (χ1n) is 11.2. The van der Waals surface area contributed by atoms with Crippen LogP contribution in [-0.2, 0) is 29.0 Å². The summed E-state index contributed by atoms with van der Waals surface area (Å²) in [6, 6.07) is 14.8. The van der Waals surface area contributed by atoms with Gasteiger partial charge in [-0.05, 0) is 36.6 Å². The van der Waals surface area contributed by atoms with Gasteiger partial charge in [0, 0.05) is 44.9 Å². The number of benzene rings is 2. The van der Waals surface area contributed by atoms with Gasteiger partial charge in [0.2, 0.25) is 5.91 Å². The van der Waals surface area contributed by atoms with Gasteiger partial charge in [-0.15, -0.1) is 0 Å². The Bertz CT molecular complexity index is 1060. The van der Waals surface area contributed by atoms with E-state index >= 15 is 0 Å². The third-order valence-electron chi connectivity index (χ3n) is 5.81. The Hall–Kier alpha value is -3.12. The Balaban J connectivity index is 1.52. The second-order valence-corrected chi connectivity index (χ2v) is 8.30. The molecule has 0 spiro atoms. The van der Waals surface area contributed by atoms with E-state index in [0.717, 1.165) is 23.6 Å². The van der Waals surface area contributed by atoms with E-state index in [2.05, 4.69) is 48.3 Å². The van der Waals surface area contributed by atoms with E-state index in [1.165, 1.54) is 16.7 Å². The number of hydrogen-bond acceptors (Lipinski definition) is 4. The molecule has 0 N–H and O–H groups in total. The average molecular weight is 434 g/mol. The summed E-state index contributed by atoms with van der Waals surface area (Å²) in [4.78, 5) is 19.2. The van der Waals surface area contributed by atoms with E-state index in [1.807, 2.05) is 28.7 Å². The number of amides is 1. The van der Waals surface area contributed by atoms with Crippen LogP contribution >= 0.6 is 0 Å². The lowest BCUT2D eigenvalue weighted by Gasteiger charge is -2.24. The molecule has 0 atom stereocenters. The number of aromatic nitrogens is 2. The van der Waals surface area contributed by atoms with Gasteiger partial charge in [0.1, 0.15) is 18.2 Å². The van der Waals surface area contributed by atoms with Crippen molar-refractivity contribution in [2.24, 2.45) is 0 Å². The maximum atomic E-state index is 13.1. The van der Waals surface area contributed by atoms with Crippen molar-refractivity contribution in [2.45, 2.75) is 39.8 Å². The fraction of sp³-hybridized carbons (Fsp3) is 0.385. The first-order valence-corrected chi connectivity index (χ1v) is 11.2. The fourth-order valence-electron chi connectivity index (χ4n) is 4.06. The molecule has 0 aliphatic carbocycles. The molecule has 6 heteroatoms. The third-order valence-corrected chi connectivity index (χ3v) is 5.81. The zero-order valence-corrected chi connectivity index (χ0v) is 18.9. The Morgan fingerprint density at radius 3 is 2.78 bits per heavy atom. The average Bonchev–Trinajstić information content (AvgIpc) is 3.19. The minimum absolute atomic E-state index is 0.122. The first kappa shape index (κ1) is 22.1. The van der Waals surface area contributed by atoms with Crippen LogP contribution in [0.15, 0.2) is 54.9 Å². The van der Waals surface area contributed by atoms with Crippen LogP contribution in [0.1, 0.15) is 34.5 Å². The Morgan fingerprint density at radius 2 is 1.94 bits per heavy atom. The number of carbonyl (C=O) groups is 1. The summed E-state index contributed by atoms with van der Waals surface area (Å²) < 4.78 is 13.8. The maximum Gasteiger partial charge on any atom is 0.224 e. The molecule has 1 amide bonds. The van der Waals surface area contributed by atoms with Crippen molar-refractivity contribution < 1.29 is 14.3 Å². The molecule has 2 aromatic carbocycles. The summed E-state index contributed by atoms with van der Waals surface area (Å²) in [5.74, 6) is 1.95. The van der Waals surface area contributed by atoms with Crippen LogP contribution in [0.25, 0.3) is 0 Å². The van der Waals surface area contributed by atoms with Gasteiger partial charge in [0.25, 0.3) is 0 Å². The van der Waals surface area contributed by atoms with E-state index in [-0.39, 0.29) is 5.91 Å². The van der Waals surface area contributed by atoms with Crippen molar-refractivity contribution in [3.63, 3.8) is 0 Å². The van der Waals surface area contributed by atoms with Crippen molar-refractivity contribution in [3.05, 3.63) is 82.9 Å². The fourth-order valence-corrected chi connectivity index (χ4v) is 4.06. The van der Waals surface area contributed by atoms with Crippen LogP contribution in [-0.4, -0.2) is 46.7 Å². The van der Waals surface area contributed by atoms with Gasteiger partial charge in [0.15, 0.2) is 0 Å². The minimum Gasteiger partial charge on any atom is -0.491 e. The summed E-state index contributed by atoms with van der Waals surface area (Å²) in [6.45, 7) is 7.29. The van der Waals surface area contributed by atoms with Crippen LogP contribution in [0.3, 0.4) is 0 Å². The molecule has 4 rings (SSSR count). The largest absolute Gasteiger partial charge is 0.491 e. The highest BCUT2D eigenvalue weighted by Crippen LogP contribution is 2.24. The van der Waals surface area contributed by atoms with Crippen molar-refractivity contribution in [1.29, 1.82) is 0 Å². The topological polar surface area (TPSA) is 56.6 Å². The van der Waals surface area contributed by atoms with Gasteiger partial charge in [-0.25, -0.2) is 4.98 Å². The van der Waals surface area contributed by atoms with Crippen LogP contribution < -0.4 is 4.74 Å². The second-order valence-electron chi connectivity index (χ2n) is 8.30. The summed E-state index contributed by atoms with van der Waals surface area (Å²) >= 11 is 0. The molecular weight excluding hydrogens is 402 g/mol. The monoisotopic (exact) mass is 433 g/mol. The smallest absolute Gasteiger partial charge is 0.224 e. The second kappa shape index (κ2) is 10.5. The van der Waals surface area contributed by atoms with Crippen LogP contribution in [0, 0.1) is 13.8 Å². The van der Waals surface area contributed by atoms with E-state index < -0.39 is 0 Å². The van der Waals surface area contributed by atoms with Crippen LogP contribution in [0.2, 0.25) is 0 Å². The van der Waals surface area contributed by atoms with Gasteiger partial charge in [-0.1, -0.05) is 42.0 Å². The molecule has 1 aliphatic heterocycles. The molecule has 168 valence electrons. The van der Waals surface area contributed by atoms with Gasteiger partial charge in [-0.3, -0.25) is 4.79 Å². The van der Waals surface area contributed by atoms with E-state index in [9.17, 15) is 4.79 Å². The van der Waals surface area contributed by atoms with Gasteiger partial charge < -0.3 is 18.9 Å². The highest BCUT2D eigenvalue weighted by Gasteiger charge is 2.16. The number of ether oxygens (including phenoxy) is 2. The number of fused-ring (bicyclic) bond motifs is 3. The lowest BCUT2D eigenvalue weighted by atomic mass is 10.00. The molecule has 0 radical (unpaired) electrons. The van der Waals surface area contributed by atoms with E-state index in [1.54, 1.807) is 6.20 Å². The molecule has 6 nitrogen and oxygen atoms in total. The zero-order chi connectivity index (χ0) is 22.3. The molecule has 0 saturated carbocycles. The lowest BCUT2D eigenvalue weighted by Crippen LogP contribution is -2.34. The van der Waals surface area contributed by atoms with E-state index in [0.29, 0.717) is 45.9 Å². The number of rotatable bonds is 3. The number of hydrogen-bond donors (Lipinski definition) is 0. The SMILES string of the molecule is Cc1ccc2c(c1)Cc1cccc(c1)CN(C(=O)CCn1ccnc1C)CCOCCO2. The predicted molar refractivity (Wildman–Crippen MR) is 124 cm³/mol. The maximum absolute atomic E-state index is 13.1. The third kappa shape index (κ3) is 5.77. The van der Waals surface area contributed by atoms with Gasteiger partial charge in [0.05, 0.1) is 13.2 Å². The Kier molecular flexibility index (Phi) is 7.22. The molecule has 32 heavy (non-hydrogen) atoms. The summed E-state index contributed by atoms with van der Waals surface area (Å²) in [5, 5.41) is 0. The number of imidazole rings is 1. The summed E-state index contributed by atoms with van der Waals surface area (Å²) in [7, 11) is 0. The van der Waals surface area contributed by atoms with E-state index in [4.69, 9.17) is 9.47 Å². The number of carbonyl (C=O) groups excluding carboxylic acids is 1. The van der Waals surface area contributed by atoms with Crippen molar-refractivity contribution in [1.82, 2.24) is 14.5 Å². The molecule has 3 aromatic rings. The van der Waals surface area contributed by atoms with Crippen LogP contribution in [0.4, 0.5) is 0 Å². The van der Waals surface area contributed by atoms with Crippen LogP contribution in [0.5, 0.6) is 5.75 Å². The lowest BCUT2D eigenvalue weighted by molar-refractivity contribution is -0.132. The van der Waals surface area contributed by atoms with Gasteiger partial charge in [-0.2, -0.15) is 0 Å². The quantitative estimate of drug-likeness (QED) is 0.628. The molecular formula is C26H31N3O3. The Labute approximate surface area is 189 Å². The predicted octanol–water partition coefficient (Wildman–Crippen LogP) is 3.92. The molecule has 0 unspecified atom stereocenters. The Morgan fingerprint density at radius 1 is 1.06 bits per heavy atom. The highest BCUT2D eigenvalue weighted by molar-refractivity contribution is 5.76. The molecule has 2 bridgehead atoms. The highest BCUT2D eigenvalue weighted by atomic mass is 16.5. The summed E-state index contributed by atoms with van der Waals surface area (Å²) in [5.41, 5.74) is 4.73. The summed E-state index contributed by atoms with van der Waals surface area (Å²) in [6.07, 6.45) is 4.91. The minimum atomic E-state index is 0.122. The number of aryl methyl sites for hydroxylation is 3. The molecule has 0 fully saturated rings. The van der Waals surface area contributed by atoms with Gasteiger partial charge >= 0.3 is 0 Å². The zero-order valence-electron chi connectivity index (χ0n) is 18.9. The molecule has 2 heterocycles. The molecule has 1 aliphatic rings. The molecule has 1 aromatic heterocycles. The molecule has 0 saturated heterocycles. The normalized spacial score (nSPS) is 14.9. The number of nitrogens with zero attached hydrogens (tertiary/aromatic N) is 3. The van der Waals surface area contributed by atoms with Crippen molar-refractivity contribution >= 4 is 5.91 Å².